The van der Waals surface area contributed by atoms with Crippen LogP contribution in [0.15, 0.2) is 55.1 Å². The van der Waals surface area contributed by atoms with Gasteiger partial charge in [-0.05, 0) is 91.9 Å². The van der Waals surface area contributed by atoms with Crippen molar-refractivity contribution in [2.24, 2.45) is 29.4 Å². The Kier molecular flexibility index (Phi) is 5.46. The molecule has 0 aromatic heterocycles. The SMILES string of the molecule is C=C(N)N/C=C(/c1ccc(F)cc1)C(C)CCC(=C)NC12CC3CC(C3)CC1C2. The number of rotatable bonds is 9. The Labute approximate surface area is 174 Å². The third-order valence-electron chi connectivity index (χ3n) is 7.26. The van der Waals surface area contributed by atoms with Crippen molar-refractivity contribution in [3.05, 3.63) is 66.5 Å². The molecular formula is C25H34FN3. The van der Waals surface area contributed by atoms with Gasteiger partial charge >= 0.3 is 0 Å². The van der Waals surface area contributed by atoms with Crippen LogP contribution in [0.2, 0.25) is 0 Å². The van der Waals surface area contributed by atoms with Gasteiger partial charge in [-0.1, -0.05) is 32.2 Å². The number of hydrogen-bond acceptors (Lipinski definition) is 3. The molecule has 5 rings (SSSR count). The van der Waals surface area contributed by atoms with E-state index in [1.807, 2.05) is 18.3 Å². The highest BCUT2D eigenvalue weighted by Gasteiger charge is 2.59. The molecule has 0 radical (unpaired) electrons. The van der Waals surface area contributed by atoms with Crippen molar-refractivity contribution in [2.45, 2.75) is 57.4 Å². The summed E-state index contributed by atoms with van der Waals surface area (Å²) in [5.74, 6) is 3.25. The summed E-state index contributed by atoms with van der Waals surface area (Å²) in [5.41, 5.74) is 9.29. The highest BCUT2D eigenvalue weighted by molar-refractivity contribution is 5.67. The molecule has 4 heteroatoms. The predicted molar refractivity (Wildman–Crippen MR) is 118 cm³/mol. The summed E-state index contributed by atoms with van der Waals surface area (Å²) in [6.45, 7) is 10.2. The third-order valence-corrected chi connectivity index (χ3v) is 7.26. The van der Waals surface area contributed by atoms with E-state index in [1.165, 1.54) is 44.2 Å². The second kappa shape index (κ2) is 7.89. The summed E-state index contributed by atoms with van der Waals surface area (Å²) in [6.07, 6.45) is 10.8. The molecule has 29 heavy (non-hydrogen) atoms. The van der Waals surface area contributed by atoms with E-state index in [0.29, 0.717) is 11.4 Å². The predicted octanol–water partition coefficient (Wildman–Crippen LogP) is 5.28. The Morgan fingerprint density at radius 1 is 1.21 bits per heavy atom. The number of nitrogens with one attached hydrogen (secondary N) is 2. The lowest BCUT2D eigenvalue weighted by molar-refractivity contribution is 0.179. The van der Waals surface area contributed by atoms with Gasteiger partial charge in [0.1, 0.15) is 5.82 Å². The molecule has 0 amide bonds. The molecule has 4 aliphatic carbocycles. The summed E-state index contributed by atoms with van der Waals surface area (Å²) < 4.78 is 13.4. The van der Waals surface area contributed by atoms with E-state index in [9.17, 15) is 4.39 Å². The van der Waals surface area contributed by atoms with Crippen LogP contribution >= 0.6 is 0 Å². The number of nitrogens with two attached hydrogens (primary N) is 1. The van der Waals surface area contributed by atoms with E-state index in [-0.39, 0.29) is 11.7 Å². The largest absolute Gasteiger partial charge is 0.386 e. The van der Waals surface area contributed by atoms with Crippen molar-refractivity contribution in [3.8, 4) is 0 Å². The van der Waals surface area contributed by atoms with Gasteiger partial charge in [0.05, 0.1) is 5.82 Å². The maximum atomic E-state index is 13.4. The topological polar surface area (TPSA) is 50.1 Å². The van der Waals surface area contributed by atoms with Crippen LogP contribution in [0.25, 0.3) is 5.57 Å². The van der Waals surface area contributed by atoms with Crippen molar-refractivity contribution in [1.29, 1.82) is 0 Å². The van der Waals surface area contributed by atoms with Gasteiger partial charge in [-0.25, -0.2) is 4.39 Å². The average Bonchev–Trinajstić information content (AvgIpc) is 3.34. The fraction of sp³-hybridized carbons (Fsp3) is 0.520. The number of halogens is 1. The van der Waals surface area contributed by atoms with E-state index in [1.54, 1.807) is 0 Å². The molecule has 1 aromatic rings. The van der Waals surface area contributed by atoms with Gasteiger partial charge < -0.3 is 16.4 Å². The highest BCUT2D eigenvalue weighted by atomic mass is 19.1. The van der Waals surface area contributed by atoms with Crippen LogP contribution in [0.1, 0.15) is 57.4 Å². The molecule has 0 spiro atoms. The molecule has 0 saturated heterocycles. The number of hydrogen-bond donors (Lipinski definition) is 3. The molecule has 4 N–H and O–H groups in total. The van der Waals surface area contributed by atoms with Gasteiger partial charge in [0.25, 0.3) is 0 Å². The number of allylic oxidation sites excluding steroid dienone is 2. The first-order valence-electron chi connectivity index (χ1n) is 11.0. The Bertz CT molecular complexity index is 806. The second-order valence-corrected chi connectivity index (χ2v) is 9.64. The molecule has 4 aliphatic rings. The first-order valence-corrected chi connectivity index (χ1v) is 11.0. The van der Waals surface area contributed by atoms with Crippen LogP contribution in [0.5, 0.6) is 0 Å². The normalized spacial score (nSPS) is 31.0. The second-order valence-electron chi connectivity index (χ2n) is 9.64. The average molecular weight is 396 g/mol. The van der Waals surface area contributed by atoms with E-state index >= 15 is 0 Å². The summed E-state index contributed by atoms with van der Waals surface area (Å²) in [6, 6.07) is 6.63. The molecule has 3 unspecified atom stereocenters. The Balaban J connectivity index is 1.35. The van der Waals surface area contributed by atoms with Crippen LogP contribution in [0.3, 0.4) is 0 Å². The minimum atomic E-state index is -0.228. The lowest BCUT2D eigenvalue weighted by Gasteiger charge is -2.34. The van der Waals surface area contributed by atoms with E-state index in [2.05, 4.69) is 30.7 Å². The number of benzene rings is 1. The van der Waals surface area contributed by atoms with Gasteiger partial charge in [-0.2, -0.15) is 0 Å². The fourth-order valence-corrected chi connectivity index (χ4v) is 5.58. The van der Waals surface area contributed by atoms with Crippen LogP contribution in [0.4, 0.5) is 4.39 Å². The summed E-state index contributed by atoms with van der Waals surface area (Å²) >= 11 is 0. The molecule has 4 fully saturated rings. The molecule has 0 aliphatic heterocycles. The minimum Gasteiger partial charge on any atom is -0.386 e. The van der Waals surface area contributed by atoms with E-state index in [0.717, 1.165) is 47.4 Å². The van der Waals surface area contributed by atoms with Gasteiger partial charge in [0.2, 0.25) is 0 Å². The summed E-state index contributed by atoms with van der Waals surface area (Å²) in [7, 11) is 0. The van der Waals surface area contributed by atoms with Gasteiger partial charge in [-0.3, -0.25) is 0 Å². The molecular weight excluding hydrogens is 361 g/mol. The van der Waals surface area contributed by atoms with Gasteiger partial charge in [0.15, 0.2) is 0 Å². The zero-order chi connectivity index (χ0) is 20.6. The Hall–Kier alpha value is -2.23. The maximum absolute atomic E-state index is 13.4. The van der Waals surface area contributed by atoms with Crippen molar-refractivity contribution >= 4 is 5.57 Å². The lowest BCUT2D eigenvalue weighted by atomic mass is 9.72. The minimum absolute atomic E-state index is 0.228. The van der Waals surface area contributed by atoms with Crippen LogP contribution in [-0.2, 0) is 0 Å². The van der Waals surface area contributed by atoms with Crippen LogP contribution in [0, 0.1) is 29.5 Å². The van der Waals surface area contributed by atoms with Crippen LogP contribution in [-0.4, -0.2) is 5.54 Å². The fourth-order valence-electron chi connectivity index (χ4n) is 5.58. The zero-order valence-corrected chi connectivity index (χ0v) is 17.5. The molecule has 2 bridgehead atoms. The van der Waals surface area contributed by atoms with Crippen molar-refractivity contribution < 1.29 is 4.39 Å². The monoisotopic (exact) mass is 395 g/mol. The van der Waals surface area contributed by atoms with Crippen molar-refractivity contribution in [3.63, 3.8) is 0 Å². The molecule has 4 saturated carbocycles. The molecule has 3 atom stereocenters. The maximum Gasteiger partial charge on any atom is 0.123 e. The quantitative estimate of drug-likeness (QED) is 0.533. The molecule has 1 aromatic carbocycles. The Morgan fingerprint density at radius 2 is 1.93 bits per heavy atom. The van der Waals surface area contributed by atoms with E-state index in [4.69, 9.17) is 5.73 Å². The first kappa shape index (κ1) is 20.1. The first-order chi connectivity index (χ1) is 13.8. The summed E-state index contributed by atoms with van der Waals surface area (Å²) in [4.78, 5) is 0. The molecule has 3 nitrogen and oxygen atoms in total. The lowest BCUT2D eigenvalue weighted by Crippen LogP contribution is -2.34. The van der Waals surface area contributed by atoms with Gasteiger partial charge in [0, 0.05) is 17.4 Å². The zero-order valence-electron chi connectivity index (χ0n) is 17.5. The third kappa shape index (κ3) is 4.52. The van der Waals surface area contributed by atoms with Crippen molar-refractivity contribution in [1.82, 2.24) is 10.6 Å². The van der Waals surface area contributed by atoms with Crippen LogP contribution < -0.4 is 16.4 Å². The van der Waals surface area contributed by atoms with Crippen molar-refractivity contribution in [2.75, 3.05) is 0 Å². The molecule has 156 valence electrons. The van der Waals surface area contributed by atoms with E-state index < -0.39 is 0 Å². The smallest absolute Gasteiger partial charge is 0.123 e. The summed E-state index contributed by atoms with van der Waals surface area (Å²) in [5, 5.41) is 6.86. The standard InChI is InChI=1S/C25H34FN3/c1-16(24(15-28-18(3)27)21-6-8-23(26)9-7-21)4-5-17(2)29-25-13-20-10-19(11-20)12-22(25)14-25/h6-9,15-16,19-20,22,28-29H,2-5,10-14,27H2,1H3/b24-15+. The highest BCUT2D eigenvalue weighted by Crippen LogP contribution is 2.61. The van der Waals surface area contributed by atoms with Gasteiger partial charge in [-0.15, -0.1) is 0 Å². The Morgan fingerprint density at radius 3 is 2.62 bits per heavy atom. The molecule has 0 heterocycles.